The highest BCUT2D eigenvalue weighted by Crippen LogP contribution is 2.36. The van der Waals surface area contributed by atoms with E-state index in [0.717, 1.165) is 5.56 Å². The molecular formula is C20H19ClN2O3S. The van der Waals surface area contributed by atoms with Gasteiger partial charge in [0.1, 0.15) is 11.5 Å². The fraction of sp³-hybridized carbons (Fsp3) is 0.200. The summed E-state index contributed by atoms with van der Waals surface area (Å²) in [5.74, 6) is 1.27. The third-order valence-electron chi connectivity index (χ3n) is 3.96. The molecule has 0 aromatic heterocycles. The highest BCUT2D eigenvalue weighted by molar-refractivity contribution is 8.18. The number of amides is 1. The fourth-order valence-electron chi connectivity index (χ4n) is 2.62. The van der Waals surface area contributed by atoms with E-state index in [2.05, 4.69) is 4.99 Å². The molecule has 7 heteroatoms. The van der Waals surface area contributed by atoms with Crippen molar-refractivity contribution in [1.82, 2.24) is 4.90 Å². The van der Waals surface area contributed by atoms with E-state index in [1.165, 1.54) is 11.8 Å². The number of carbonyl (C=O) groups is 1. The molecule has 2 aromatic carbocycles. The van der Waals surface area contributed by atoms with Crippen LogP contribution in [0.3, 0.4) is 0 Å². The summed E-state index contributed by atoms with van der Waals surface area (Å²) in [4.78, 5) is 19.6. The normalized spacial score (nSPS) is 17.0. The van der Waals surface area contributed by atoms with Crippen LogP contribution in [0.25, 0.3) is 6.08 Å². The SMILES string of the molecule is CCN1C(=O)/C(=C\c2cc(OC)ccc2OC)SC1=Nc1cccc(Cl)c1. The molecule has 1 aliphatic rings. The quantitative estimate of drug-likeness (QED) is 0.662. The van der Waals surface area contributed by atoms with E-state index >= 15 is 0 Å². The molecule has 1 fully saturated rings. The average molecular weight is 403 g/mol. The van der Waals surface area contributed by atoms with Crippen LogP contribution in [-0.4, -0.2) is 36.7 Å². The van der Waals surface area contributed by atoms with Gasteiger partial charge in [-0.05, 0) is 61.2 Å². The zero-order valence-electron chi connectivity index (χ0n) is 15.2. The zero-order chi connectivity index (χ0) is 19.4. The number of likely N-dealkylation sites (N-methyl/N-ethyl adjacent to an activating group) is 1. The number of thioether (sulfide) groups is 1. The van der Waals surface area contributed by atoms with E-state index in [0.29, 0.717) is 38.8 Å². The number of halogens is 1. The monoisotopic (exact) mass is 402 g/mol. The van der Waals surface area contributed by atoms with Gasteiger partial charge >= 0.3 is 0 Å². The molecule has 140 valence electrons. The van der Waals surface area contributed by atoms with Gasteiger partial charge in [0.05, 0.1) is 24.8 Å². The Morgan fingerprint density at radius 2 is 2.00 bits per heavy atom. The first kappa shape index (κ1) is 19.3. The van der Waals surface area contributed by atoms with Crippen molar-refractivity contribution in [2.45, 2.75) is 6.92 Å². The molecule has 27 heavy (non-hydrogen) atoms. The van der Waals surface area contributed by atoms with Crippen LogP contribution in [0, 0.1) is 0 Å². The molecule has 0 atom stereocenters. The molecule has 1 amide bonds. The van der Waals surface area contributed by atoms with Gasteiger partial charge in [-0.1, -0.05) is 17.7 Å². The van der Waals surface area contributed by atoms with Crippen molar-refractivity contribution in [3.05, 3.63) is 58.0 Å². The Morgan fingerprint density at radius 1 is 1.19 bits per heavy atom. The topological polar surface area (TPSA) is 51.1 Å². The van der Waals surface area contributed by atoms with Crippen LogP contribution in [0.2, 0.25) is 5.02 Å². The maximum Gasteiger partial charge on any atom is 0.266 e. The highest BCUT2D eigenvalue weighted by Gasteiger charge is 2.32. The van der Waals surface area contributed by atoms with E-state index in [9.17, 15) is 4.79 Å². The third-order valence-corrected chi connectivity index (χ3v) is 5.20. The predicted octanol–water partition coefficient (Wildman–Crippen LogP) is 4.98. The molecule has 0 aliphatic carbocycles. The molecule has 0 spiro atoms. The molecule has 1 aliphatic heterocycles. The number of amidine groups is 1. The lowest BCUT2D eigenvalue weighted by Crippen LogP contribution is -2.28. The molecule has 2 aromatic rings. The minimum Gasteiger partial charge on any atom is -0.497 e. The van der Waals surface area contributed by atoms with E-state index in [1.807, 2.05) is 37.3 Å². The number of hydrogen-bond acceptors (Lipinski definition) is 5. The van der Waals surface area contributed by atoms with Crippen LogP contribution in [0.5, 0.6) is 11.5 Å². The second-order valence-electron chi connectivity index (χ2n) is 5.64. The van der Waals surface area contributed by atoms with E-state index in [1.54, 1.807) is 37.3 Å². The van der Waals surface area contributed by atoms with Gasteiger partial charge in [0.25, 0.3) is 5.91 Å². The lowest BCUT2D eigenvalue weighted by atomic mass is 10.1. The molecule has 3 rings (SSSR count). The van der Waals surface area contributed by atoms with Gasteiger partial charge in [-0.15, -0.1) is 0 Å². The van der Waals surface area contributed by atoms with Gasteiger partial charge in [-0.25, -0.2) is 4.99 Å². The van der Waals surface area contributed by atoms with Gasteiger partial charge in [0.15, 0.2) is 5.17 Å². The second kappa shape index (κ2) is 8.50. The van der Waals surface area contributed by atoms with Crippen molar-refractivity contribution < 1.29 is 14.3 Å². The number of ether oxygens (including phenoxy) is 2. The largest absolute Gasteiger partial charge is 0.497 e. The lowest BCUT2D eigenvalue weighted by Gasteiger charge is -2.12. The standard InChI is InChI=1S/C20H19ClN2O3S/c1-4-23-19(24)18(11-13-10-16(25-2)8-9-17(13)26-3)27-20(23)22-15-7-5-6-14(21)12-15/h5-12H,4H2,1-3H3/b18-11+,22-20?. The first-order valence-electron chi connectivity index (χ1n) is 8.33. The first-order valence-corrected chi connectivity index (χ1v) is 9.53. The summed E-state index contributed by atoms with van der Waals surface area (Å²) in [7, 11) is 3.20. The van der Waals surface area contributed by atoms with E-state index in [4.69, 9.17) is 21.1 Å². The second-order valence-corrected chi connectivity index (χ2v) is 7.09. The Kier molecular flexibility index (Phi) is 6.08. The summed E-state index contributed by atoms with van der Waals surface area (Å²) in [6, 6.07) is 12.7. The summed E-state index contributed by atoms with van der Waals surface area (Å²) in [5, 5.41) is 1.23. The number of methoxy groups -OCH3 is 2. The number of aliphatic imine (C=N–C) groups is 1. The highest BCUT2D eigenvalue weighted by atomic mass is 35.5. The molecule has 5 nitrogen and oxygen atoms in total. The molecule has 0 radical (unpaired) electrons. The van der Waals surface area contributed by atoms with Gasteiger partial charge < -0.3 is 9.47 Å². The summed E-state index contributed by atoms with van der Waals surface area (Å²) >= 11 is 7.36. The summed E-state index contributed by atoms with van der Waals surface area (Å²) in [6.07, 6.45) is 1.80. The lowest BCUT2D eigenvalue weighted by molar-refractivity contribution is -0.122. The van der Waals surface area contributed by atoms with Crippen LogP contribution < -0.4 is 9.47 Å². The summed E-state index contributed by atoms with van der Waals surface area (Å²) in [5.41, 5.74) is 1.48. The number of nitrogens with zero attached hydrogens (tertiary/aromatic N) is 2. The van der Waals surface area contributed by atoms with Crippen molar-refractivity contribution in [1.29, 1.82) is 0 Å². The Bertz CT molecular complexity index is 927. The number of rotatable bonds is 5. The minimum atomic E-state index is -0.0897. The molecule has 0 N–H and O–H groups in total. The molecule has 0 bridgehead atoms. The Labute approximate surface area is 167 Å². The molecular weight excluding hydrogens is 384 g/mol. The number of hydrogen-bond donors (Lipinski definition) is 0. The van der Waals surface area contributed by atoms with Crippen molar-refractivity contribution in [2.24, 2.45) is 4.99 Å². The predicted molar refractivity (Wildman–Crippen MR) is 111 cm³/mol. The Hall–Kier alpha value is -2.44. The van der Waals surface area contributed by atoms with Crippen LogP contribution in [0.15, 0.2) is 52.4 Å². The zero-order valence-corrected chi connectivity index (χ0v) is 16.8. The van der Waals surface area contributed by atoms with Crippen LogP contribution >= 0.6 is 23.4 Å². The Balaban J connectivity index is 1.98. The summed E-state index contributed by atoms with van der Waals surface area (Å²) < 4.78 is 10.7. The van der Waals surface area contributed by atoms with Crippen LogP contribution in [0.4, 0.5) is 5.69 Å². The third kappa shape index (κ3) is 4.28. The van der Waals surface area contributed by atoms with Crippen molar-refractivity contribution >= 4 is 46.2 Å². The molecule has 1 heterocycles. The van der Waals surface area contributed by atoms with Gasteiger partial charge in [0, 0.05) is 17.1 Å². The van der Waals surface area contributed by atoms with Crippen molar-refractivity contribution in [3.63, 3.8) is 0 Å². The fourth-order valence-corrected chi connectivity index (χ4v) is 3.86. The number of carbonyl (C=O) groups excluding carboxylic acids is 1. The van der Waals surface area contributed by atoms with Crippen LogP contribution in [0.1, 0.15) is 12.5 Å². The smallest absolute Gasteiger partial charge is 0.266 e. The van der Waals surface area contributed by atoms with E-state index < -0.39 is 0 Å². The molecule has 1 saturated heterocycles. The molecule has 0 unspecified atom stereocenters. The van der Waals surface area contributed by atoms with Crippen LogP contribution in [-0.2, 0) is 4.79 Å². The average Bonchev–Trinajstić information content (AvgIpc) is 2.96. The van der Waals surface area contributed by atoms with Gasteiger partial charge in [0.2, 0.25) is 0 Å². The Morgan fingerprint density at radius 3 is 2.67 bits per heavy atom. The van der Waals surface area contributed by atoms with Gasteiger partial charge in [-0.3, -0.25) is 9.69 Å². The minimum absolute atomic E-state index is 0.0897. The number of benzene rings is 2. The van der Waals surface area contributed by atoms with E-state index in [-0.39, 0.29) is 5.91 Å². The maximum absolute atomic E-state index is 12.8. The summed E-state index contributed by atoms with van der Waals surface area (Å²) in [6.45, 7) is 2.44. The van der Waals surface area contributed by atoms with Crippen molar-refractivity contribution in [2.75, 3.05) is 20.8 Å². The maximum atomic E-state index is 12.8. The van der Waals surface area contributed by atoms with Crippen molar-refractivity contribution in [3.8, 4) is 11.5 Å². The first-order chi connectivity index (χ1) is 13.0. The van der Waals surface area contributed by atoms with Gasteiger partial charge in [-0.2, -0.15) is 0 Å². The molecule has 0 saturated carbocycles.